The number of amides is 1. The number of hydrogen-bond acceptors (Lipinski definition) is 5. The Balaban J connectivity index is 1.55. The lowest BCUT2D eigenvalue weighted by molar-refractivity contribution is -0.137. The van der Waals surface area contributed by atoms with E-state index in [-0.39, 0.29) is 18.2 Å². The van der Waals surface area contributed by atoms with E-state index < -0.39 is 11.7 Å². The normalized spacial score (nSPS) is 18.0. The van der Waals surface area contributed by atoms with Gasteiger partial charge < -0.3 is 4.90 Å². The van der Waals surface area contributed by atoms with Gasteiger partial charge in [-0.3, -0.25) is 9.20 Å². The van der Waals surface area contributed by atoms with Gasteiger partial charge in [0.05, 0.1) is 22.7 Å². The number of pyridine rings is 1. The van der Waals surface area contributed by atoms with E-state index in [0.717, 1.165) is 35.8 Å². The van der Waals surface area contributed by atoms with E-state index in [9.17, 15) is 18.0 Å². The average molecular weight is 409 g/mol. The van der Waals surface area contributed by atoms with Gasteiger partial charge >= 0.3 is 6.18 Å². The summed E-state index contributed by atoms with van der Waals surface area (Å²) in [5, 5.41) is 10.9. The summed E-state index contributed by atoms with van der Waals surface area (Å²) in [5.41, 5.74) is 0.366. The van der Waals surface area contributed by atoms with Crippen molar-refractivity contribution in [2.45, 2.75) is 38.3 Å². The molecule has 10 heteroatoms. The number of fused-ring (bicyclic) bond motifs is 1. The van der Waals surface area contributed by atoms with Crippen molar-refractivity contribution < 1.29 is 18.0 Å². The maximum Gasteiger partial charge on any atom is 0.417 e. The zero-order valence-corrected chi connectivity index (χ0v) is 15.9. The number of likely N-dealkylation sites (tertiary alicyclic amines) is 1. The van der Waals surface area contributed by atoms with Crippen LogP contribution in [0.1, 0.15) is 40.8 Å². The van der Waals surface area contributed by atoms with Crippen LogP contribution < -0.4 is 0 Å². The van der Waals surface area contributed by atoms with Crippen LogP contribution in [0.3, 0.4) is 0 Å². The Morgan fingerprint density at radius 1 is 1.32 bits per heavy atom. The molecule has 0 aromatic carbocycles. The lowest BCUT2D eigenvalue weighted by Gasteiger charge is -2.32. The monoisotopic (exact) mass is 409 g/mol. The number of piperidine rings is 1. The first-order valence-corrected chi connectivity index (χ1v) is 9.80. The topological polar surface area (TPSA) is 63.4 Å². The maximum atomic E-state index is 13.1. The molecule has 3 aromatic rings. The third-order valence-corrected chi connectivity index (χ3v) is 5.72. The quantitative estimate of drug-likeness (QED) is 0.665. The van der Waals surface area contributed by atoms with Gasteiger partial charge in [-0.15, -0.1) is 21.5 Å². The van der Waals surface area contributed by atoms with Gasteiger partial charge in [0.15, 0.2) is 5.65 Å². The van der Waals surface area contributed by atoms with Crippen LogP contribution in [0, 0.1) is 6.92 Å². The Kier molecular flexibility index (Phi) is 4.82. The third kappa shape index (κ3) is 3.73. The number of halogens is 3. The minimum absolute atomic E-state index is 0.0280. The van der Waals surface area contributed by atoms with E-state index in [0.29, 0.717) is 24.6 Å². The molecule has 1 amide bonds. The lowest BCUT2D eigenvalue weighted by atomic mass is 9.96. The second-order valence-electron chi connectivity index (χ2n) is 6.92. The summed E-state index contributed by atoms with van der Waals surface area (Å²) in [5.74, 6) is 0.274. The minimum atomic E-state index is -4.43. The highest BCUT2D eigenvalue weighted by Crippen LogP contribution is 2.31. The molecular formula is C18H18F3N5OS. The molecule has 4 rings (SSSR count). The van der Waals surface area contributed by atoms with Crippen LogP contribution >= 0.6 is 11.3 Å². The molecule has 28 heavy (non-hydrogen) atoms. The van der Waals surface area contributed by atoms with Crippen LogP contribution in [0.4, 0.5) is 13.2 Å². The molecule has 1 unspecified atom stereocenters. The average Bonchev–Trinajstić information content (AvgIpc) is 3.26. The van der Waals surface area contributed by atoms with Crippen molar-refractivity contribution in [2.24, 2.45) is 0 Å². The summed E-state index contributed by atoms with van der Waals surface area (Å²) in [6.45, 7) is 2.93. The molecule has 0 radical (unpaired) electrons. The molecule has 0 aliphatic carbocycles. The van der Waals surface area contributed by atoms with Gasteiger partial charge in [-0.2, -0.15) is 13.2 Å². The molecule has 4 heterocycles. The minimum Gasteiger partial charge on any atom is -0.342 e. The predicted octanol–water partition coefficient (Wildman–Crippen LogP) is 3.46. The zero-order chi connectivity index (χ0) is 19.9. The fraction of sp³-hybridized carbons (Fsp3) is 0.444. The molecular weight excluding hydrogens is 391 g/mol. The number of carbonyl (C=O) groups is 1. The molecule has 0 spiro atoms. The third-order valence-electron chi connectivity index (χ3n) is 4.89. The van der Waals surface area contributed by atoms with Crippen LogP contribution in [0.25, 0.3) is 5.65 Å². The summed E-state index contributed by atoms with van der Waals surface area (Å²) in [6.07, 6.45) is -1.66. The molecule has 0 bridgehead atoms. The molecule has 0 saturated carbocycles. The molecule has 6 nitrogen and oxygen atoms in total. The van der Waals surface area contributed by atoms with E-state index in [1.807, 2.05) is 12.3 Å². The van der Waals surface area contributed by atoms with Gasteiger partial charge in [0.1, 0.15) is 5.82 Å². The molecule has 148 valence electrons. The van der Waals surface area contributed by atoms with Gasteiger partial charge in [0, 0.05) is 30.6 Å². The summed E-state index contributed by atoms with van der Waals surface area (Å²) in [4.78, 5) is 18.7. The van der Waals surface area contributed by atoms with Crippen molar-refractivity contribution in [1.82, 2.24) is 24.5 Å². The Bertz CT molecular complexity index is 1010. The van der Waals surface area contributed by atoms with Crippen LogP contribution in [0.5, 0.6) is 0 Å². The molecule has 1 fully saturated rings. The fourth-order valence-corrected chi connectivity index (χ4v) is 4.14. The van der Waals surface area contributed by atoms with Crippen molar-refractivity contribution in [3.8, 4) is 0 Å². The number of hydrogen-bond donors (Lipinski definition) is 0. The van der Waals surface area contributed by atoms with E-state index >= 15 is 0 Å². The second-order valence-corrected chi connectivity index (χ2v) is 7.98. The molecule has 1 saturated heterocycles. The van der Waals surface area contributed by atoms with Gasteiger partial charge in [0.2, 0.25) is 5.91 Å². The molecule has 1 aliphatic heterocycles. The first-order valence-electron chi connectivity index (χ1n) is 8.92. The highest BCUT2D eigenvalue weighted by atomic mass is 32.1. The first kappa shape index (κ1) is 18.9. The predicted molar refractivity (Wildman–Crippen MR) is 97.1 cm³/mol. The summed E-state index contributed by atoms with van der Waals surface area (Å²) in [7, 11) is 0. The smallest absolute Gasteiger partial charge is 0.342 e. The number of thiazole rings is 1. The van der Waals surface area contributed by atoms with Gasteiger partial charge in [-0.1, -0.05) is 0 Å². The Morgan fingerprint density at radius 3 is 2.86 bits per heavy atom. The van der Waals surface area contributed by atoms with Gasteiger partial charge in [-0.25, -0.2) is 4.98 Å². The number of rotatable bonds is 3. The van der Waals surface area contributed by atoms with E-state index in [1.54, 1.807) is 4.90 Å². The van der Waals surface area contributed by atoms with Crippen molar-refractivity contribution in [2.75, 3.05) is 13.1 Å². The van der Waals surface area contributed by atoms with Crippen LogP contribution in [-0.4, -0.2) is 43.5 Å². The second kappa shape index (κ2) is 7.16. The van der Waals surface area contributed by atoms with Crippen molar-refractivity contribution in [3.63, 3.8) is 0 Å². The first-order chi connectivity index (χ1) is 13.3. The molecule has 3 aromatic heterocycles. The van der Waals surface area contributed by atoms with Crippen LogP contribution in [0.2, 0.25) is 0 Å². The van der Waals surface area contributed by atoms with Gasteiger partial charge in [0.25, 0.3) is 0 Å². The maximum absolute atomic E-state index is 13.1. The summed E-state index contributed by atoms with van der Waals surface area (Å²) in [6, 6.07) is 2.32. The molecule has 1 atom stereocenters. The van der Waals surface area contributed by atoms with Crippen LogP contribution in [-0.2, 0) is 17.4 Å². The Labute approximate surface area is 163 Å². The van der Waals surface area contributed by atoms with Crippen molar-refractivity contribution in [1.29, 1.82) is 0 Å². The molecule has 1 aliphatic rings. The summed E-state index contributed by atoms with van der Waals surface area (Å²) < 4.78 is 40.6. The van der Waals surface area contributed by atoms with Crippen molar-refractivity contribution in [3.05, 3.63) is 45.8 Å². The van der Waals surface area contributed by atoms with Gasteiger partial charge in [-0.05, 0) is 31.9 Å². The number of alkyl halides is 3. The Morgan fingerprint density at radius 2 is 2.14 bits per heavy atom. The number of carbonyl (C=O) groups excluding carboxylic acids is 1. The standard InChI is InChI=1S/C18H18F3N5OS/c1-11-22-14(10-28-11)7-16(27)25-6-2-3-12(8-25)17-24-23-15-5-4-13(9-26(15)17)18(19,20)21/h4-5,9-10,12H,2-3,6-8H2,1H3. The largest absolute Gasteiger partial charge is 0.417 e. The Hall–Kier alpha value is -2.49. The number of aromatic nitrogens is 4. The number of aryl methyl sites for hydroxylation is 1. The zero-order valence-electron chi connectivity index (χ0n) is 15.1. The summed E-state index contributed by atoms with van der Waals surface area (Å²) >= 11 is 1.50. The number of nitrogens with zero attached hydrogens (tertiary/aromatic N) is 5. The van der Waals surface area contributed by atoms with E-state index in [2.05, 4.69) is 15.2 Å². The van der Waals surface area contributed by atoms with Crippen molar-refractivity contribution >= 4 is 22.9 Å². The van der Waals surface area contributed by atoms with Crippen LogP contribution in [0.15, 0.2) is 23.7 Å². The van der Waals surface area contributed by atoms with E-state index in [1.165, 1.54) is 21.8 Å². The highest BCUT2D eigenvalue weighted by Gasteiger charge is 2.32. The SMILES string of the molecule is Cc1nc(CC(=O)N2CCCC(c3nnc4ccc(C(F)(F)F)cn34)C2)cs1. The lowest BCUT2D eigenvalue weighted by Crippen LogP contribution is -2.40. The van der Waals surface area contributed by atoms with E-state index in [4.69, 9.17) is 0 Å². The fourth-order valence-electron chi connectivity index (χ4n) is 3.53. The molecule has 0 N–H and O–H groups in total. The highest BCUT2D eigenvalue weighted by molar-refractivity contribution is 7.09.